The second-order valence-corrected chi connectivity index (χ2v) is 0.236. The molecule has 0 aliphatic rings. The van der Waals surface area contributed by atoms with Crippen LogP contribution in [0.5, 0.6) is 0 Å². The van der Waals surface area contributed by atoms with Gasteiger partial charge in [0.1, 0.15) is 6.29 Å². The van der Waals surface area contributed by atoms with Crippen LogP contribution in [0.25, 0.3) is 0 Å². The third kappa shape index (κ3) is 10.6. The maximum atomic E-state index is 8.81. The van der Waals surface area contributed by atoms with Gasteiger partial charge in [0.2, 0.25) is 0 Å². The van der Waals surface area contributed by atoms with Crippen molar-refractivity contribution in [1.29, 1.82) is 0 Å². The van der Waals surface area contributed by atoms with E-state index in [2.05, 4.69) is 0 Å². The van der Waals surface area contributed by atoms with E-state index in [1.54, 1.807) is 0 Å². The van der Waals surface area contributed by atoms with E-state index in [1.807, 2.05) is 0 Å². The molecule has 22 valence electrons. The molecule has 0 saturated heterocycles. The van der Waals surface area contributed by atoms with E-state index in [0.717, 1.165) is 6.29 Å². The number of rotatable bonds is 0. The van der Waals surface area contributed by atoms with E-state index in [0.29, 0.717) is 0 Å². The zero-order valence-corrected chi connectivity index (χ0v) is 1.99. The van der Waals surface area contributed by atoms with Crippen LogP contribution < -0.4 is 0 Å². The molecule has 0 aliphatic carbocycles. The second-order valence-electron chi connectivity index (χ2n) is 0.236. The van der Waals surface area contributed by atoms with Crippen LogP contribution in [0.2, 0.25) is 0 Å². The summed E-state index contributed by atoms with van der Waals surface area (Å²) >= 11 is 0. The number of carbonyl (C=O) groups is 1. The van der Waals surface area contributed by atoms with E-state index < -0.39 is 0 Å². The van der Waals surface area contributed by atoms with Gasteiger partial charge >= 0.3 is 48.9 Å². The SMILES string of the molecule is CC=O.[BaH2]. The molecule has 0 spiro atoms. The molecule has 0 aromatic heterocycles. The molecule has 0 N–H and O–H groups in total. The second kappa shape index (κ2) is 8.87. The summed E-state index contributed by atoms with van der Waals surface area (Å²) in [5.74, 6) is 0. The molecule has 0 aromatic carbocycles. The summed E-state index contributed by atoms with van der Waals surface area (Å²) in [5, 5.41) is 0. The Hall–Kier alpha value is 1.24. The van der Waals surface area contributed by atoms with Crippen molar-refractivity contribution in [2.45, 2.75) is 6.92 Å². The molecule has 0 heterocycles. The Morgan fingerprint density at radius 3 is 1.75 bits per heavy atom. The van der Waals surface area contributed by atoms with Crippen molar-refractivity contribution >= 4 is 55.2 Å². The molecule has 0 unspecified atom stereocenters. The first-order valence-electron chi connectivity index (χ1n) is 0.813. The Labute approximate surface area is 65.8 Å². The van der Waals surface area contributed by atoms with E-state index >= 15 is 0 Å². The molecule has 0 saturated carbocycles. The van der Waals surface area contributed by atoms with Crippen molar-refractivity contribution in [2.75, 3.05) is 0 Å². The van der Waals surface area contributed by atoms with Gasteiger partial charge in [0.05, 0.1) is 0 Å². The predicted octanol–water partition coefficient (Wildman–Crippen LogP) is -0.711. The molecule has 1 nitrogen and oxygen atoms in total. The van der Waals surface area contributed by atoms with Gasteiger partial charge in [-0.1, -0.05) is 0 Å². The van der Waals surface area contributed by atoms with Gasteiger partial charge in [0.15, 0.2) is 0 Å². The average molecular weight is 183 g/mol. The van der Waals surface area contributed by atoms with Crippen LogP contribution in [0.3, 0.4) is 0 Å². The van der Waals surface area contributed by atoms with Crippen LogP contribution >= 0.6 is 0 Å². The van der Waals surface area contributed by atoms with Gasteiger partial charge in [-0.25, -0.2) is 0 Å². The molecule has 4 heavy (non-hydrogen) atoms. The Morgan fingerprint density at radius 2 is 1.75 bits per heavy atom. The Balaban J connectivity index is 0. The van der Waals surface area contributed by atoms with Crippen LogP contribution in [-0.4, -0.2) is 55.2 Å². The number of hydrogen-bond donors (Lipinski definition) is 0. The molecule has 0 rings (SSSR count). The standard InChI is InChI=1S/C2H4O.Ba.2H/c1-2-3;;;/h2H,1H3;;;. The van der Waals surface area contributed by atoms with Crippen molar-refractivity contribution < 1.29 is 4.79 Å². The van der Waals surface area contributed by atoms with Crippen molar-refractivity contribution in [3.8, 4) is 0 Å². The normalized spacial score (nSPS) is 3.25. The Kier molecular flexibility index (Phi) is 19.9. The molecule has 0 amide bonds. The summed E-state index contributed by atoms with van der Waals surface area (Å²) in [6.07, 6.45) is 0.750. The molecular weight excluding hydrogens is 177 g/mol. The fraction of sp³-hybridized carbons (Fsp3) is 0.500. The van der Waals surface area contributed by atoms with E-state index in [9.17, 15) is 0 Å². The van der Waals surface area contributed by atoms with Crippen molar-refractivity contribution in [2.24, 2.45) is 0 Å². The van der Waals surface area contributed by atoms with Crippen LogP contribution in [0, 0.1) is 0 Å². The molecule has 0 bridgehead atoms. The zero-order valence-electron chi connectivity index (χ0n) is 1.99. The molecule has 0 fully saturated rings. The summed E-state index contributed by atoms with van der Waals surface area (Å²) in [6.45, 7) is 1.44. The van der Waals surface area contributed by atoms with Crippen LogP contribution in [0.15, 0.2) is 0 Å². The number of aldehydes is 1. The molecular formula is C2H6BaO. The first-order chi connectivity index (χ1) is 1.41. The van der Waals surface area contributed by atoms with Gasteiger partial charge in [-0.3, -0.25) is 0 Å². The molecule has 0 radical (unpaired) electrons. The summed E-state index contributed by atoms with van der Waals surface area (Å²) in [4.78, 5) is 8.81. The van der Waals surface area contributed by atoms with Crippen molar-refractivity contribution in [1.82, 2.24) is 0 Å². The van der Waals surface area contributed by atoms with E-state index in [-0.39, 0.29) is 48.9 Å². The quantitative estimate of drug-likeness (QED) is 0.358. The summed E-state index contributed by atoms with van der Waals surface area (Å²) < 4.78 is 0. The first-order valence-corrected chi connectivity index (χ1v) is 0.813. The van der Waals surface area contributed by atoms with E-state index in [1.165, 1.54) is 6.92 Å². The monoisotopic (exact) mass is 184 g/mol. The van der Waals surface area contributed by atoms with E-state index in [4.69, 9.17) is 4.79 Å². The molecule has 0 aliphatic heterocycles. The third-order valence-electron chi connectivity index (χ3n) is 0. The van der Waals surface area contributed by atoms with Crippen LogP contribution in [0.1, 0.15) is 6.92 Å². The van der Waals surface area contributed by atoms with Gasteiger partial charge in [0.25, 0.3) is 0 Å². The van der Waals surface area contributed by atoms with Crippen molar-refractivity contribution in [3.63, 3.8) is 0 Å². The number of hydrogen-bond acceptors (Lipinski definition) is 1. The Morgan fingerprint density at radius 1 is 1.75 bits per heavy atom. The zero-order chi connectivity index (χ0) is 2.71. The maximum absolute atomic E-state index is 8.81. The third-order valence-corrected chi connectivity index (χ3v) is 0. The molecule has 2 heteroatoms. The molecule has 0 atom stereocenters. The summed E-state index contributed by atoms with van der Waals surface area (Å²) in [6, 6.07) is 0. The van der Waals surface area contributed by atoms with Crippen LogP contribution in [-0.2, 0) is 4.79 Å². The molecule has 0 aromatic rings. The topological polar surface area (TPSA) is 17.1 Å². The van der Waals surface area contributed by atoms with Gasteiger partial charge in [0, 0.05) is 0 Å². The van der Waals surface area contributed by atoms with Gasteiger partial charge in [-0.15, -0.1) is 0 Å². The van der Waals surface area contributed by atoms with Gasteiger partial charge in [-0.05, 0) is 6.92 Å². The van der Waals surface area contributed by atoms with Gasteiger partial charge < -0.3 is 4.79 Å². The van der Waals surface area contributed by atoms with Crippen molar-refractivity contribution in [3.05, 3.63) is 0 Å². The predicted molar refractivity (Wildman–Crippen MR) is 20.3 cm³/mol. The number of carbonyl (C=O) groups excluding carboxylic acids is 1. The van der Waals surface area contributed by atoms with Crippen LogP contribution in [0.4, 0.5) is 0 Å². The average Bonchev–Trinajstić information content (AvgIpc) is 0.918. The first kappa shape index (κ1) is 8.97. The minimum atomic E-state index is 0. The minimum absolute atomic E-state index is 0. The summed E-state index contributed by atoms with van der Waals surface area (Å²) in [7, 11) is 0. The van der Waals surface area contributed by atoms with Gasteiger partial charge in [-0.2, -0.15) is 0 Å². The summed E-state index contributed by atoms with van der Waals surface area (Å²) in [5.41, 5.74) is 0. The fourth-order valence-corrected chi connectivity index (χ4v) is 0. The fourth-order valence-electron chi connectivity index (χ4n) is 0. The Bertz CT molecular complexity index is 13.5.